The molecule has 18 rings (SSSR count). The molecule has 9 saturated heterocycles. The molecule has 0 amide bonds. The van der Waals surface area contributed by atoms with Gasteiger partial charge in [-0.3, -0.25) is 39.9 Å². The topological polar surface area (TPSA) is 145 Å². The van der Waals surface area contributed by atoms with Gasteiger partial charge >= 0.3 is 0 Å². The maximum atomic E-state index is 13.4. The van der Waals surface area contributed by atoms with Gasteiger partial charge in [0.15, 0.2) is 0 Å². The van der Waals surface area contributed by atoms with Gasteiger partial charge < -0.3 is 44.1 Å². The SMILES string of the molecule is Cc1ccc(CCN2CC2)nc1.Cc1ccc(CCN2CCC2)nc1.Cc1ccc(CCN2CCCC2)nc1.Cc1ccc(CCN2CCCC2)nc1C.Cc1ccc(CCN2CCCC2)nc1F.Cc1ccc(CCN2CCCCC2)nc1.Cc1cnc(CCN2CCCC2)c(C)c1.Cc1cnc(CCN2CCCC2)c(F)c1.Cc1cnc(CCN2CCCC2)cc1C. The Morgan fingerprint density at radius 1 is 0.209 bits per heavy atom. The molecule has 0 aromatic carbocycles. The molecular weight excluding hydrogens is 1600 g/mol. The van der Waals surface area contributed by atoms with Crippen LogP contribution in [0, 0.1) is 94.8 Å². The summed E-state index contributed by atoms with van der Waals surface area (Å²) in [5, 5.41) is 0. The first-order valence-corrected chi connectivity index (χ1v) is 49.8. The summed E-state index contributed by atoms with van der Waals surface area (Å²) >= 11 is 0. The first-order valence-electron chi connectivity index (χ1n) is 49.8. The van der Waals surface area contributed by atoms with Crippen LogP contribution in [0.5, 0.6) is 0 Å². The number of likely N-dealkylation sites (tertiary alicyclic amines) is 8. The van der Waals surface area contributed by atoms with Crippen molar-refractivity contribution in [1.82, 2.24) is 89.0 Å². The lowest BCUT2D eigenvalue weighted by atomic mass is 10.1. The molecule has 0 spiro atoms. The molecule has 9 fully saturated rings. The Kier molecular flexibility index (Phi) is 46.3. The molecule has 9 aromatic rings. The largest absolute Gasteiger partial charge is 0.303 e. The average molecular weight is 1760 g/mol. The summed E-state index contributed by atoms with van der Waals surface area (Å²) in [7, 11) is 0. The van der Waals surface area contributed by atoms with Crippen molar-refractivity contribution in [3.05, 3.63) is 264 Å². The Morgan fingerprint density at radius 3 is 0.798 bits per heavy atom. The predicted octanol–water partition coefficient (Wildman–Crippen LogP) is 18.7. The van der Waals surface area contributed by atoms with E-state index < -0.39 is 0 Å². The zero-order chi connectivity index (χ0) is 91.2. The molecule has 9 aliphatic rings. The number of hydrogen-bond donors (Lipinski definition) is 0. The van der Waals surface area contributed by atoms with E-state index in [0.717, 1.165) is 95.2 Å². The fourth-order valence-corrected chi connectivity index (χ4v) is 17.2. The van der Waals surface area contributed by atoms with Gasteiger partial charge in [-0.25, -0.2) is 9.37 Å². The van der Waals surface area contributed by atoms with Crippen LogP contribution in [0.25, 0.3) is 0 Å². The number of nitrogens with zero attached hydrogens (tertiary/aromatic N) is 18. The Morgan fingerprint density at radius 2 is 0.488 bits per heavy atom. The Balaban J connectivity index is 0.000000151. The molecule has 9 aromatic heterocycles. The van der Waals surface area contributed by atoms with Gasteiger partial charge in [0.2, 0.25) is 5.95 Å². The van der Waals surface area contributed by atoms with Crippen LogP contribution in [0.15, 0.2) is 134 Å². The van der Waals surface area contributed by atoms with Crippen LogP contribution in [0.4, 0.5) is 8.78 Å². The van der Waals surface area contributed by atoms with Crippen molar-refractivity contribution in [3.8, 4) is 0 Å². The second kappa shape index (κ2) is 58.0. The fraction of sp³-hybridized carbons (Fsp3) is 0.587. The number of piperidine rings is 1. The van der Waals surface area contributed by atoms with Gasteiger partial charge in [0, 0.05) is 230 Å². The predicted molar refractivity (Wildman–Crippen MR) is 530 cm³/mol. The molecule has 702 valence electrons. The minimum absolute atomic E-state index is 0.158. The highest BCUT2D eigenvalue weighted by atomic mass is 19.1. The van der Waals surface area contributed by atoms with Crippen molar-refractivity contribution < 1.29 is 8.78 Å². The van der Waals surface area contributed by atoms with Crippen molar-refractivity contribution >= 4 is 0 Å². The highest BCUT2D eigenvalue weighted by molar-refractivity contribution is 5.26. The smallest absolute Gasteiger partial charge is 0.215 e. The first-order chi connectivity index (χ1) is 62.6. The van der Waals surface area contributed by atoms with Crippen LogP contribution in [0.2, 0.25) is 0 Å². The molecule has 0 radical (unpaired) electrons. The minimum atomic E-state index is -0.325. The van der Waals surface area contributed by atoms with E-state index >= 15 is 0 Å². The van der Waals surface area contributed by atoms with E-state index in [-0.39, 0.29) is 11.8 Å². The second-order valence-corrected chi connectivity index (χ2v) is 37.9. The van der Waals surface area contributed by atoms with Crippen molar-refractivity contribution in [1.29, 1.82) is 0 Å². The number of aromatic nitrogens is 9. The van der Waals surface area contributed by atoms with Crippen LogP contribution >= 0.6 is 0 Å². The zero-order valence-electron chi connectivity index (χ0n) is 81.8. The molecule has 0 bridgehead atoms. The lowest BCUT2D eigenvalue weighted by Crippen LogP contribution is -2.38. The number of hydrogen-bond acceptors (Lipinski definition) is 18. The Bertz CT molecular complexity index is 4330. The molecule has 18 nitrogen and oxygen atoms in total. The van der Waals surface area contributed by atoms with Gasteiger partial charge in [0.05, 0.1) is 5.69 Å². The average Bonchev–Trinajstić information content (AvgIpc) is 1.76. The summed E-state index contributed by atoms with van der Waals surface area (Å²) < 4.78 is 26.6. The van der Waals surface area contributed by atoms with Gasteiger partial charge in [-0.1, -0.05) is 48.9 Å². The van der Waals surface area contributed by atoms with E-state index in [9.17, 15) is 8.78 Å². The molecule has 0 N–H and O–H groups in total. The van der Waals surface area contributed by atoms with Crippen LogP contribution in [-0.2, 0) is 57.8 Å². The highest BCUT2D eigenvalue weighted by Gasteiger charge is 2.21. The summed E-state index contributed by atoms with van der Waals surface area (Å²) in [4.78, 5) is 61.6. The third kappa shape index (κ3) is 41.3. The number of aryl methyl sites for hydroxylation is 12. The van der Waals surface area contributed by atoms with Gasteiger partial charge in [0.1, 0.15) is 5.82 Å². The number of rotatable bonds is 27. The molecule has 129 heavy (non-hydrogen) atoms. The fourth-order valence-electron chi connectivity index (χ4n) is 17.2. The van der Waals surface area contributed by atoms with E-state index in [4.69, 9.17) is 0 Å². The van der Waals surface area contributed by atoms with Crippen LogP contribution in [-0.4, -0.2) is 266 Å². The van der Waals surface area contributed by atoms with Crippen LogP contribution in [0.1, 0.15) is 221 Å². The maximum Gasteiger partial charge on any atom is 0.215 e. The monoisotopic (exact) mass is 1760 g/mol. The van der Waals surface area contributed by atoms with Crippen molar-refractivity contribution in [2.24, 2.45) is 0 Å². The molecule has 0 saturated carbocycles. The van der Waals surface area contributed by atoms with Crippen LogP contribution < -0.4 is 0 Å². The van der Waals surface area contributed by atoms with E-state index in [1.807, 2.05) is 56.2 Å². The van der Waals surface area contributed by atoms with E-state index in [2.05, 4.69) is 231 Å². The standard InChI is InChI=1S/4C13H20N2.2C12H17FN2.C12H18N2.C11H16N2.C10H14N2/c1-11-5-6-13(14-12(11)2)7-10-15-8-3-4-9-15;1-11-9-13(14-10-12(11)2)5-8-15-6-3-4-7-15;1-11-9-12(2)13(14-10-11)5-8-15-6-3-4-7-15;1-12-5-6-13(14-11-12)7-10-15-8-3-2-4-9-15;1-10-4-5-11(14-12(10)13)6-9-15-7-2-3-8-15;1-10-8-11(13)12(14-9-10)4-7-15-5-2-3-6-15;1-11-4-5-12(13-10-11)6-9-14-7-2-3-8-14;1-10-3-4-11(12-9-10)5-8-13-6-2-7-13;1-9-2-3-10(11-8-9)4-5-12-6-7-12/h5-6H,3-4,7-10H2,1-2H3;2*9-10H,3-8H2,1-2H3;5-6,11H,2-4,7-10H2,1H3;4-5H,2-3,6-9H2,1H3;8-9H,2-7H2,1H3;4-5,10H,2-3,6-9H2,1H3;3-4,9H,2,5-8H2,1H3;2-3,8H,4-7H2,1H3. The lowest BCUT2D eigenvalue weighted by Gasteiger charge is -2.30. The third-order valence-electron chi connectivity index (χ3n) is 26.4. The van der Waals surface area contributed by atoms with Crippen LogP contribution in [0.3, 0.4) is 0 Å². The Labute approximate surface area is 777 Å². The van der Waals surface area contributed by atoms with E-state index in [1.54, 1.807) is 19.2 Å². The van der Waals surface area contributed by atoms with E-state index in [0.29, 0.717) is 11.3 Å². The Hall–Kier alpha value is -8.15. The van der Waals surface area contributed by atoms with Crippen molar-refractivity contribution in [2.45, 2.75) is 244 Å². The molecular formula is C109H162F2N18. The summed E-state index contributed by atoms with van der Waals surface area (Å²) in [6.45, 7) is 57.5. The van der Waals surface area contributed by atoms with Gasteiger partial charge in [-0.05, 0) is 388 Å². The van der Waals surface area contributed by atoms with Gasteiger partial charge in [-0.2, -0.15) is 4.39 Å². The zero-order valence-corrected chi connectivity index (χ0v) is 81.8. The lowest BCUT2D eigenvalue weighted by molar-refractivity contribution is 0.183. The number of pyridine rings is 9. The van der Waals surface area contributed by atoms with Gasteiger partial charge in [0.25, 0.3) is 0 Å². The summed E-state index contributed by atoms with van der Waals surface area (Å²) in [6, 6.07) is 31.2. The minimum Gasteiger partial charge on any atom is -0.303 e. The first kappa shape index (κ1) is 103. The number of halogens is 2. The summed E-state index contributed by atoms with van der Waals surface area (Å²) in [5.41, 5.74) is 24.3. The third-order valence-corrected chi connectivity index (χ3v) is 26.4. The van der Waals surface area contributed by atoms with E-state index in [1.165, 1.54) is 349 Å². The second-order valence-electron chi connectivity index (χ2n) is 37.9. The summed E-state index contributed by atoms with van der Waals surface area (Å²) in [5.74, 6) is -0.483. The van der Waals surface area contributed by atoms with Gasteiger partial charge in [-0.15, -0.1) is 0 Å². The summed E-state index contributed by atoms with van der Waals surface area (Å²) in [6.07, 6.45) is 44.5. The van der Waals surface area contributed by atoms with Crippen molar-refractivity contribution in [2.75, 3.05) is 177 Å². The molecule has 18 heterocycles. The molecule has 9 aliphatic heterocycles. The molecule has 0 unspecified atom stereocenters. The molecule has 0 aliphatic carbocycles. The highest BCUT2D eigenvalue weighted by Crippen LogP contribution is 2.20. The molecule has 20 heteroatoms. The molecule has 0 atom stereocenters. The van der Waals surface area contributed by atoms with Crippen molar-refractivity contribution in [3.63, 3.8) is 0 Å². The quantitative estimate of drug-likeness (QED) is 0.0355. The maximum absolute atomic E-state index is 13.4. The normalized spacial score (nSPS) is 17.2.